The Hall–Kier alpha value is -1.23. The van der Waals surface area contributed by atoms with E-state index in [9.17, 15) is 4.79 Å². The van der Waals surface area contributed by atoms with Crippen molar-refractivity contribution < 1.29 is 4.79 Å². The van der Waals surface area contributed by atoms with Crippen molar-refractivity contribution >= 4 is 5.91 Å². The van der Waals surface area contributed by atoms with E-state index in [1.54, 1.807) is 0 Å². The summed E-state index contributed by atoms with van der Waals surface area (Å²) in [5.74, 6) is 1.72. The van der Waals surface area contributed by atoms with Gasteiger partial charge in [0.25, 0.3) is 5.91 Å². The lowest BCUT2D eigenvalue weighted by molar-refractivity contribution is -0.115. The van der Waals surface area contributed by atoms with Crippen LogP contribution in [-0.2, 0) is 4.79 Å². The molecule has 70 valence electrons. The summed E-state index contributed by atoms with van der Waals surface area (Å²) in [5, 5.41) is 2.66. The maximum absolute atomic E-state index is 10.7. The van der Waals surface area contributed by atoms with E-state index in [0.717, 1.165) is 6.42 Å². The molecule has 0 atom stereocenters. The zero-order valence-corrected chi connectivity index (χ0v) is 7.81. The first-order chi connectivity index (χ1) is 6.33. The Morgan fingerprint density at radius 2 is 2.46 bits per heavy atom. The molecular weight excluding hydrogens is 162 g/mol. The molecule has 2 nitrogen and oxygen atoms in total. The number of rotatable bonds is 3. The molecule has 0 aromatic rings. The molecule has 1 N–H and O–H groups in total. The quantitative estimate of drug-likeness (QED) is 0.515. The third-order valence-corrected chi connectivity index (χ3v) is 2.25. The standard InChI is InChI=1S/C11H15NO/c1-2-11(13)12-9-8-10-6-4-3-5-7-10/h1,6H,3-5,7-9H2,(H,12,13). The molecule has 0 aromatic carbocycles. The van der Waals surface area contributed by atoms with Crippen LogP contribution in [0.4, 0.5) is 0 Å². The van der Waals surface area contributed by atoms with E-state index in [4.69, 9.17) is 6.42 Å². The van der Waals surface area contributed by atoms with Crippen LogP contribution in [-0.4, -0.2) is 12.5 Å². The first-order valence-corrected chi connectivity index (χ1v) is 4.75. The topological polar surface area (TPSA) is 29.1 Å². The maximum atomic E-state index is 10.7. The highest BCUT2D eigenvalue weighted by atomic mass is 16.1. The number of nitrogens with one attached hydrogen (secondary N) is 1. The summed E-state index contributed by atoms with van der Waals surface area (Å²) in [6.45, 7) is 0.675. The summed E-state index contributed by atoms with van der Waals surface area (Å²) in [5.41, 5.74) is 1.46. The molecule has 0 unspecified atom stereocenters. The number of allylic oxidation sites excluding steroid dienone is 1. The molecule has 0 saturated carbocycles. The van der Waals surface area contributed by atoms with Crippen LogP contribution in [0, 0.1) is 12.3 Å². The molecule has 0 spiro atoms. The summed E-state index contributed by atoms with van der Waals surface area (Å²) in [7, 11) is 0. The summed E-state index contributed by atoms with van der Waals surface area (Å²) in [6, 6.07) is 0. The minimum absolute atomic E-state index is 0.309. The Morgan fingerprint density at radius 3 is 3.08 bits per heavy atom. The van der Waals surface area contributed by atoms with Crippen LogP contribution >= 0.6 is 0 Å². The molecule has 1 amide bonds. The lowest BCUT2D eigenvalue weighted by Gasteiger charge is -2.11. The zero-order chi connectivity index (χ0) is 9.52. The predicted octanol–water partition coefficient (Wildman–Crippen LogP) is 1.63. The molecule has 1 aliphatic rings. The van der Waals surface area contributed by atoms with Crippen LogP contribution < -0.4 is 5.32 Å². The smallest absolute Gasteiger partial charge is 0.295 e. The highest BCUT2D eigenvalue weighted by Gasteiger charge is 2.03. The fourth-order valence-corrected chi connectivity index (χ4v) is 1.52. The summed E-state index contributed by atoms with van der Waals surface area (Å²) in [4.78, 5) is 10.7. The van der Waals surface area contributed by atoms with Crippen molar-refractivity contribution in [1.82, 2.24) is 5.32 Å². The van der Waals surface area contributed by atoms with Gasteiger partial charge in [0.15, 0.2) is 0 Å². The normalized spacial score (nSPS) is 15.8. The van der Waals surface area contributed by atoms with Crippen LogP contribution in [0.5, 0.6) is 0 Å². The third kappa shape index (κ3) is 3.80. The van der Waals surface area contributed by atoms with Crippen molar-refractivity contribution in [3.05, 3.63) is 11.6 Å². The van der Waals surface area contributed by atoms with E-state index in [-0.39, 0.29) is 5.91 Å². The van der Waals surface area contributed by atoms with Gasteiger partial charge in [0.1, 0.15) is 0 Å². The van der Waals surface area contributed by atoms with Crippen molar-refractivity contribution in [2.45, 2.75) is 32.1 Å². The SMILES string of the molecule is C#CC(=O)NCCC1=CCCCC1. The largest absolute Gasteiger partial charge is 0.345 e. The Bertz CT molecular complexity index is 247. The second-order valence-corrected chi connectivity index (χ2v) is 3.26. The number of carbonyl (C=O) groups excluding carboxylic acids is 1. The van der Waals surface area contributed by atoms with E-state index in [0.29, 0.717) is 6.54 Å². The number of amides is 1. The van der Waals surface area contributed by atoms with Gasteiger partial charge in [-0.2, -0.15) is 0 Å². The molecular formula is C11H15NO. The highest BCUT2D eigenvalue weighted by molar-refractivity contribution is 5.92. The van der Waals surface area contributed by atoms with Gasteiger partial charge in [0.05, 0.1) is 0 Å². The van der Waals surface area contributed by atoms with Crippen LogP contribution in [0.2, 0.25) is 0 Å². The second kappa shape index (κ2) is 5.42. The number of terminal acetylenes is 1. The van der Waals surface area contributed by atoms with Gasteiger partial charge in [-0.3, -0.25) is 4.79 Å². The molecule has 0 aliphatic heterocycles. The van der Waals surface area contributed by atoms with Crippen molar-refractivity contribution in [3.63, 3.8) is 0 Å². The molecule has 0 saturated heterocycles. The fraction of sp³-hybridized carbons (Fsp3) is 0.545. The van der Waals surface area contributed by atoms with Crippen LogP contribution in [0.1, 0.15) is 32.1 Å². The number of carbonyl (C=O) groups is 1. The summed E-state index contributed by atoms with van der Waals surface area (Å²) < 4.78 is 0. The molecule has 13 heavy (non-hydrogen) atoms. The Labute approximate surface area is 79.4 Å². The Morgan fingerprint density at radius 1 is 1.62 bits per heavy atom. The maximum Gasteiger partial charge on any atom is 0.295 e. The first-order valence-electron chi connectivity index (χ1n) is 4.75. The van der Waals surface area contributed by atoms with Crippen LogP contribution in [0.25, 0.3) is 0 Å². The molecule has 1 rings (SSSR count). The van der Waals surface area contributed by atoms with E-state index in [2.05, 4.69) is 11.4 Å². The number of hydrogen-bond acceptors (Lipinski definition) is 1. The van der Waals surface area contributed by atoms with Crippen molar-refractivity contribution in [2.75, 3.05) is 6.54 Å². The minimum atomic E-state index is -0.309. The Kier molecular flexibility index (Phi) is 4.11. The van der Waals surface area contributed by atoms with Crippen molar-refractivity contribution in [1.29, 1.82) is 0 Å². The highest BCUT2D eigenvalue weighted by Crippen LogP contribution is 2.19. The van der Waals surface area contributed by atoms with E-state index in [1.807, 2.05) is 5.92 Å². The lowest BCUT2D eigenvalue weighted by atomic mass is 9.97. The molecule has 2 heteroatoms. The Balaban J connectivity index is 2.15. The van der Waals surface area contributed by atoms with Gasteiger partial charge in [0, 0.05) is 6.54 Å². The van der Waals surface area contributed by atoms with Gasteiger partial charge in [-0.25, -0.2) is 0 Å². The average molecular weight is 177 g/mol. The van der Waals surface area contributed by atoms with E-state index in [1.165, 1.54) is 31.3 Å². The monoisotopic (exact) mass is 177 g/mol. The average Bonchev–Trinajstić information content (AvgIpc) is 2.19. The number of hydrogen-bond donors (Lipinski definition) is 1. The van der Waals surface area contributed by atoms with Gasteiger partial charge in [-0.1, -0.05) is 11.6 Å². The first kappa shape index (κ1) is 9.85. The van der Waals surface area contributed by atoms with Gasteiger partial charge in [-0.15, -0.1) is 6.42 Å². The summed E-state index contributed by atoms with van der Waals surface area (Å²) in [6.07, 6.45) is 13.1. The van der Waals surface area contributed by atoms with Crippen LogP contribution in [0.15, 0.2) is 11.6 Å². The second-order valence-electron chi connectivity index (χ2n) is 3.26. The molecule has 0 aromatic heterocycles. The van der Waals surface area contributed by atoms with E-state index >= 15 is 0 Å². The van der Waals surface area contributed by atoms with Gasteiger partial charge in [-0.05, 0) is 38.0 Å². The van der Waals surface area contributed by atoms with E-state index < -0.39 is 0 Å². The summed E-state index contributed by atoms with van der Waals surface area (Å²) >= 11 is 0. The van der Waals surface area contributed by atoms with Gasteiger partial charge in [0.2, 0.25) is 0 Å². The third-order valence-electron chi connectivity index (χ3n) is 2.25. The van der Waals surface area contributed by atoms with Crippen molar-refractivity contribution in [3.8, 4) is 12.3 Å². The lowest BCUT2D eigenvalue weighted by Crippen LogP contribution is -2.22. The molecule has 0 heterocycles. The fourth-order valence-electron chi connectivity index (χ4n) is 1.52. The minimum Gasteiger partial charge on any atom is -0.345 e. The van der Waals surface area contributed by atoms with Crippen molar-refractivity contribution in [2.24, 2.45) is 0 Å². The zero-order valence-electron chi connectivity index (χ0n) is 7.81. The van der Waals surface area contributed by atoms with Crippen LogP contribution in [0.3, 0.4) is 0 Å². The predicted molar refractivity (Wildman–Crippen MR) is 53.0 cm³/mol. The molecule has 0 fully saturated rings. The molecule has 0 bridgehead atoms. The van der Waals surface area contributed by atoms with Gasteiger partial charge < -0.3 is 5.32 Å². The molecule has 0 radical (unpaired) electrons. The van der Waals surface area contributed by atoms with Gasteiger partial charge >= 0.3 is 0 Å². The molecule has 1 aliphatic carbocycles.